The van der Waals surface area contributed by atoms with Crippen molar-refractivity contribution in [2.24, 2.45) is 0 Å². The number of hydrogen-bond acceptors (Lipinski definition) is 2. The molecular weight excluding hydrogens is 271 g/mol. The Morgan fingerprint density at radius 1 is 1.15 bits per heavy atom. The van der Waals surface area contributed by atoms with Crippen LogP contribution >= 0.6 is 0 Å². The Morgan fingerprint density at radius 2 is 1.54 bits per heavy atom. The van der Waals surface area contributed by atoms with Crippen molar-refractivity contribution in [3.63, 3.8) is 0 Å². The third-order valence-corrected chi connectivity index (χ3v) is 1.05. The van der Waals surface area contributed by atoms with Gasteiger partial charge in [-0.15, -0.1) is 0 Å². The molecule has 2 nitrogen and oxygen atoms in total. The van der Waals surface area contributed by atoms with Crippen LogP contribution in [0.25, 0.3) is 0 Å². The number of halogens is 3. The molecule has 0 heterocycles. The van der Waals surface area contributed by atoms with E-state index in [1.54, 1.807) is 0 Å². The zero-order valence-electron chi connectivity index (χ0n) is 6.14. The molecule has 1 rings (SSSR count). The van der Waals surface area contributed by atoms with E-state index in [0.717, 1.165) is 12.1 Å². The Kier molecular flexibility index (Phi) is 5.50. The van der Waals surface area contributed by atoms with Crippen LogP contribution in [-0.2, 0) is 30.8 Å². The average Bonchev–Trinajstić information content (AvgIpc) is 2.06. The maximum absolute atomic E-state index is 11.8. The summed E-state index contributed by atoms with van der Waals surface area (Å²) in [6.07, 6.45) is -4.23. The molecule has 0 aliphatic rings. The summed E-state index contributed by atoms with van der Waals surface area (Å²) in [6, 6.07) is 6.95. The fourth-order valence-electron chi connectivity index (χ4n) is 0.576. The molecule has 0 bridgehead atoms. The normalized spacial score (nSPS) is 9.77. The molecule has 0 amide bonds. The van der Waals surface area contributed by atoms with Crippen molar-refractivity contribution < 1.29 is 37.8 Å². The van der Waals surface area contributed by atoms with E-state index in [0.29, 0.717) is 0 Å². The van der Waals surface area contributed by atoms with E-state index in [-0.39, 0.29) is 0 Å². The van der Waals surface area contributed by atoms with Gasteiger partial charge in [0, 0.05) is 0 Å². The van der Waals surface area contributed by atoms with Gasteiger partial charge < -0.3 is 0 Å². The first-order valence-corrected chi connectivity index (χ1v) is 4.46. The molecule has 0 fully saturated rings. The molecule has 0 aliphatic carbocycles. The van der Waals surface area contributed by atoms with Crippen LogP contribution in [0.2, 0.25) is 0 Å². The van der Waals surface area contributed by atoms with Gasteiger partial charge in [-0.3, -0.25) is 0 Å². The van der Waals surface area contributed by atoms with Crippen LogP contribution < -0.4 is 0 Å². The standard InChI is InChI=1S/C7H4F3.2O.Tc/c8-7(9,10)6-4-2-1-3-5-6;;;/h2-5H;;;/q-1;;;+1. The van der Waals surface area contributed by atoms with Crippen molar-refractivity contribution in [3.8, 4) is 0 Å². The van der Waals surface area contributed by atoms with E-state index in [1.165, 1.54) is 12.1 Å². The Labute approximate surface area is 80.3 Å². The second kappa shape index (κ2) is 5.83. The van der Waals surface area contributed by atoms with Crippen LogP contribution in [0, 0.1) is 6.07 Å². The maximum atomic E-state index is 11.8. The molecule has 0 aromatic heterocycles. The summed E-state index contributed by atoms with van der Waals surface area (Å²) >= 11 is -1.91. The Balaban J connectivity index is 0.000000424. The van der Waals surface area contributed by atoms with Crippen molar-refractivity contribution in [3.05, 3.63) is 35.9 Å². The van der Waals surface area contributed by atoms with Crippen molar-refractivity contribution in [1.29, 1.82) is 0 Å². The van der Waals surface area contributed by atoms with Gasteiger partial charge in [0.05, 0.1) is 0 Å². The molecule has 0 unspecified atom stereocenters. The van der Waals surface area contributed by atoms with Crippen LogP contribution in [-0.4, -0.2) is 0 Å². The predicted octanol–water partition coefficient (Wildman–Crippen LogP) is 2.27. The summed E-state index contributed by atoms with van der Waals surface area (Å²) in [5, 5.41) is 0. The fraction of sp³-hybridized carbons (Fsp3) is 0.143. The topological polar surface area (TPSA) is 34.1 Å². The molecule has 1 aromatic rings. The van der Waals surface area contributed by atoms with E-state index in [9.17, 15) is 13.2 Å². The first kappa shape index (κ1) is 12.3. The van der Waals surface area contributed by atoms with Gasteiger partial charge in [-0.25, -0.2) is 0 Å². The summed E-state index contributed by atoms with van der Waals surface area (Å²) in [4.78, 5) is 0. The Morgan fingerprint density at radius 3 is 1.77 bits per heavy atom. The summed E-state index contributed by atoms with van der Waals surface area (Å²) < 4.78 is 52.3. The van der Waals surface area contributed by atoms with E-state index in [2.05, 4.69) is 6.07 Å². The zero-order valence-corrected chi connectivity index (χ0v) is 8.00. The average molecular weight is 275 g/mol. The van der Waals surface area contributed by atoms with Crippen molar-refractivity contribution in [1.82, 2.24) is 0 Å². The number of benzene rings is 1. The van der Waals surface area contributed by atoms with Crippen LogP contribution in [0.3, 0.4) is 0 Å². The molecule has 0 saturated heterocycles. The molecule has 0 aliphatic heterocycles. The summed E-state index contributed by atoms with van der Waals surface area (Å²) in [5.74, 6) is 0. The number of hydrogen-bond donors (Lipinski definition) is 0. The molecule has 0 spiro atoms. The van der Waals surface area contributed by atoms with Gasteiger partial charge in [0.25, 0.3) is 0 Å². The van der Waals surface area contributed by atoms with Crippen LogP contribution in [0.15, 0.2) is 24.3 Å². The van der Waals surface area contributed by atoms with Crippen LogP contribution in [0.4, 0.5) is 13.2 Å². The Hall–Kier alpha value is -0.741. The monoisotopic (exact) mass is 274 g/mol. The first-order valence-electron chi connectivity index (χ1n) is 2.95. The zero-order chi connectivity index (χ0) is 10.3. The molecular formula is C7H4F3O2Tc. The third kappa shape index (κ3) is 5.49. The van der Waals surface area contributed by atoms with Gasteiger partial charge in [-0.05, 0) is 0 Å². The number of alkyl halides is 3. The molecule has 72 valence electrons. The van der Waals surface area contributed by atoms with Gasteiger partial charge in [0.2, 0.25) is 0 Å². The second-order valence-corrected chi connectivity index (χ2v) is 2.16. The predicted molar refractivity (Wildman–Crippen MR) is 31.7 cm³/mol. The fourth-order valence-corrected chi connectivity index (χ4v) is 0.576. The van der Waals surface area contributed by atoms with E-state index in [1.807, 2.05) is 0 Å². The molecule has 0 atom stereocenters. The molecule has 0 saturated carbocycles. The van der Waals surface area contributed by atoms with Gasteiger partial charge in [-0.1, -0.05) is 5.56 Å². The quantitative estimate of drug-likeness (QED) is 0.681. The van der Waals surface area contributed by atoms with Gasteiger partial charge in [0.1, 0.15) is 0 Å². The van der Waals surface area contributed by atoms with Crippen molar-refractivity contribution in [2.45, 2.75) is 6.18 Å². The van der Waals surface area contributed by atoms with Gasteiger partial charge >= 0.3 is 30.8 Å². The van der Waals surface area contributed by atoms with Crippen LogP contribution in [0.5, 0.6) is 0 Å². The van der Waals surface area contributed by atoms with Crippen LogP contribution in [0.1, 0.15) is 5.56 Å². The van der Waals surface area contributed by atoms with E-state index in [4.69, 9.17) is 7.01 Å². The van der Waals surface area contributed by atoms with Gasteiger partial charge in [-0.2, -0.15) is 43.5 Å². The van der Waals surface area contributed by atoms with E-state index < -0.39 is 29.3 Å². The SMILES string of the molecule is FC(F)(F)c1cc[c-]cc1.[O]=[Tc+]=[O]. The third-order valence-electron chi connectivity index (χ3n) is 1.05. The minimum absolute atomic E-state index is 0.633. The van der Waals surface area contributed by atoms with Crippen molar-refractivity contribution >= 4 is 0 Å². The molecule has 1 aromatic carbocycles. The Bertz CT molecular complexity index is 278. The second-order valence-electron chi connectivity index (χ2n) is 1.85. The molecule has 0 radical (unpaired) electrons. The van der Waals surface area contributed by atoms with E-state index >= 15 is 0 Å². The molecule has 13 heavy (non-hydrogen) atoms. The summed E-state index contributed by atoms with van der Waals surface area (Å²) in [6.45, 7) is 0. The number of rotatable bonds is 0. The molecule has 6 heteroatoms. The van der Waals surface area contributed by atoms with Crippen molar-refractivity contribution in [2.75, 3.05) is 0 Å². The molecule has 0 N–H and O–H groups in total. The summed E-state index contributed by atoms with van der Waals surface area (Å²) in [5.41, 5.74) is -0.633. The first-order chi connectivity index (χ1) is 6.02. The van der Waals surface area contributed by atoms with Gasteiger partial charge in [0.15, 0.2) is 0 Å². The minimum atomic E-state index is -4.23. The summed E-state index contributed by atoms with van der Waals surface area (Å²) in [7, 11) is 0.